The average Bonchev–Trinajstić information content (AvgIpc) is 2.49. The van der Waals surface area contributed by atoms with Crippen LogP contribution in [0.1, 0.15) is 16.6 Å². The Morgan fingerprint density at radius 1 is 1.00 bits per heavy atom. The van der Waals surface area contributed by atoms with Gasteiger partial charge in [0.15, 0.2) is 0 Å². The van der Waals surface area contributed by atoms with Crippen LogP contribution in [0.2, 0.25) is 0 Å². The van der Waals surface area contributed by atoms with Gasteiger partial charge in [-0.05, 0) is 35.6 Å². The van der Waals surface area contributed by atoms with Crippen LogP contribution in [0.25, 0.3) is 0 Å². The Morgan fingerprint density at radius 2 is 1.67 bits per heavy atom. The van der Waals surface area contributed by atoms with Gasteiger partial charge in [-0.15, -0.1) is 23.5 Å². The van der Waals surface area contributed by atoms with Crippen molar-refractivity contribution in [3.05, 3.63) is 29.8 Å². The minimum atomic E-state index is 0.650. The number of benzene rings is 1. The van der Waals surface area contributed by atoms with E-state index in [-0.39, 0.29) is 0 Å². The van der Waals surface area contributed by atoms with Crippen molar-refractivity contribution in [2.75, 3.05) is 42.7 Å². The third-order valence-electron chi connectivity index (χ3n) is 3.37. The van der Waals surface area contributed by atoms with Gasteiger partial charge in [0.25, 0.3) is 0 Å². The molecule has 2 aliphatic heterocycles. The summed E-state index contributed by atoms with van der Waals surface area (Å²) >= 11 is 4.17. The summed E-state index contributed by atoms with van der Waals surface area (Å²) in [5, 5.41) is 0. The predicted molar refractivity (Wildman–Crippen MR) is 81.7 cm³/mol. The van der Waals surface area contributed by atoms with Gasteiger partial charge in [-0.2, -0.15) is 0 Å². The Hall–Kier alpha value is -0.320. The molecular formula is C14H19NOS2. The second-order valence-corrected chi connectivity index (χ2v) is 7.34. The molecule has 0 radical (unpaired) electrons. The van der Waals surface area contributed by atoms with Gasteiger partial charge in [-0.25, -0.2) is 0 Å². The molecule has 0 saturated carbocycles. The molecule has 0 N–H and O–H groups in total. The summed E-state index contributed by atoms with van der Waals surface area (Å²) in [5.41, 5.74) is 2.81. The number of rotatable bonds is 2. The molecule has 2 fully saturated rings. The minimum absolute atomic E-state index is 0.650. The molecule has 0 unspecified atom stereocenters. The fraction of sp³-hybridized carbons (Fsp3) is 0.571. The van der Waals surface area contributed by atoms with E-state index in [0.29, 0.717) is 4.58 Å². The van der Waals surface area contributed by atoms with E-state index in [2.05, 4.69) is 52.7 Å². The molecule has 18 heavy (non-hydrogen) atoms. The number of hydrogen-bond donors (Lipinski definition) is 0. The summed E-state index contributed by atoms with van der Waals surface area (Å²) in [6.07, 6.45) is 1.36. The maximum Gasteiger partial charge on any atom is 0.0751 e. The third kappa shape index (κ3) is 2.98. The van der Waals surface area contributed by atoms with Gasteiger partial charge in [0.05, 0.1) is 17.8 Å². The fourth-order valence-corrected chi connectivity index (χ4v) is 5.24. The first kappa shape index (κ1) is 12.7. The number of morpholine rings is 1. The lowest BCUT2D eigenvalue weighted by Gasteiger charge is -2.29. The molecular weight excluding hydrogens is 262 g/mol. The summed E-state index contributed by atoms with van der Waals surface area (Å²) in [6.45, 7) is 3.75. The van der Waals surface area contributed by atoms with E-state index in [9.17, 15) is 0 Å². The van der Waals surface area contributed by atoms with Crippen LogP contribution in [0.3, 0.4) is 0 Å². The van der Waals surface area contributed by atoms with E-state index < -0.39 is 0 Å². The molecule has 0 aromatic heterocycles. The zero-order valence-corrected chi connectivity index (χ0v) is 12.1. The zero-order chi connectivity index (χ0) is 12.2. The second-order valence-electron chi connectivity index (χ2n) is 4.62. The summed E-state index contributed by atoms with van der Waals surface area (Å²) in [6, 6.07) is 9.16. The molecule has 0 spiro atoms. The van der Waals surface area contributed by atoms with Crippen LogP contribution in [-0.2, 0) is 4.74 Å². The van der Waals surface area contributed by atoms with Crippen molar-refractivity contribution in [1.29, 1.82) is 0 Å². The Kier molecular flexibility index (Phi) is 4.39. The van der Waals surface area contributed by atoms with Crippen molar-refractivity contribution >= 4 is 29.2 Å². The first-order chi connectivity index (χ1) is 8.93. The number of nitrogens with zero attached hydrogens (tertiary/aromatic N) is 1. The van der Waals surface area contributed by atoms with Gasteiger partial charge in [0, 0.05) is 18.8 Å². The van der Waals surface area contributed by atoms with Gasteiger partial charge >= 0.3 is 0 Å². The van der Waals surface area contributed by atoms with Gasteiger partial charge in [0.1, 0.15) is 0 Å². The van der Waals surface area contributed by atoms with Crippen LogP contribution in [0.4, 0.5) is 5.69 Å². The van der Waals surface area contributed by atoms with Crippen LogP contribution in [0.5, 0.6) is 0 Å². The lowest BCUT2D eigenvalue weighted by Crippen LogP contribution is -2.36. The standard InChI is InChI=1S/C14H19NOS2/c1-10-17-14(18-11-1)12-2-4-13(5-3-12)15-6-8-16-9-7-15/h2-5,14H,1,6-11H2. The summed E-state index contributed by atoms with van der Waals surface area (Å²) < 4.78 is 6.04. The van der Waals surface area contributed by atoms with E-state index in [1.54, 1.807) is 0 Å². The molecule has 2 nitrogen and oxygen atoms in total. The Morgan fingerprint density at radius 3 is 2.33 bits per heavy atom. The van der Waals surface area contributed by atoms with Crippen LogP contribution in [-0.4, -0.2) is 37.8 Å². The van der Waals surface area contributed by atoms with E-state index in [1.807, 2.05) is 0 Å². The molecule has 98 valence electrons. The Balaban J connectivity index is 1.67. The van der Waals surface area contributed by atoms with Crippen molar-refractivity contribution in [3.63, 3.8) is 0 Å². The normalized spacial score (nSPS) is 22.1. The first-order valence-electron chi connectivity index (χ1n) is 6.59. The number of ether oxygens (including phenoxy) is 1. The molecule has 3 rings (SSSR count). The highest BCUT2D eigenvalue weighted by Gasteiger charge is 2.17. The van der Waals surface area contributed by atoms with Crippen LogP contribution in [0, 0.1) is 0 Å². The van der Waals surface area contributed by atoms with E-state index in [0.717, 1.165) is 26.3 Å². The molecule has 0 bridgehead atoms. The fourth-order valence-electron chi connectivity index (χ4n) is 2.34. The quantitative estimate of drug-likeness (QED) is 0.823. The minimum Gasteiger partial charge on any atom is -0.378 e. The van der Waals surface area contributed by atoms with Gasteiger partial charge in [-0.1, -0.05) is 12.1 Å². The van der Waals surface area contributed by atoms with Gasteiger partial charge < -0.3 is 9.64 Å². The Labute approximate surface area is 117 Å². The molecule has 1 aromatic rings. The smallest absolute Gasteiger partial charge is 0.0751 e. The van der Waals surface area contributed by atoms with Crippen LogP contribution >= 0.6 is 23.5 Å². The lowest BCUT2D eigenvalue weighted by atomic mass is 10.2. The van der Waals surface area contributed by atoms with Crippen molar-refractivity contribution in [3.8, 4) is 0 Å². The van der Waals surface area contributed by atoms with Gasteiger partial charge in [-0.3, -0.25) is 0 Å². The molecule has 1 aromatic carbocycles. The topological polar surface area (TPSA) is 12.5 Å². The van der Waals surface area contributed by atoms with Crippen molar-refractivity contribution in [2.24, 2.45) is 0 Å². The molecule has 2 saturated heterocycles. The second kappa shape index (κ2) is 6.22. The summed E-state index contributed by atoms with van der Waals surface area (Å²) in [5.74, 6) is 2.62. The number of hydrogen-bond acceptors (Lipinski definition) is 4. The SMILES string of the molecule is c1cc(N2CCOCC2)ccc1C1SCCCS1. The predicted octanol–water partition coefficient (Wildman–Crippen LogP) is 3.39. The highest BCUT2D eigenvalue weighted by atomic mass is 32.2. The number of anilines is 1. The van der Waals surface area contributed by atoms with E-state index in [1.165, 1.54) is 29.2 Å². The monoisotopic (exact) mass is 281 g/mol. The third-order valence-corrected chi connectivity index (χ3v) is 6.38. The van der Waals surface area contributed by atoms with Crippen LogP contribution in [0.15, 0.2) is 24.3 Å². The molecule has 0 atom stereocenters. The van der Waals surface area contributed by atoms with Gasteiger partial charge in [0.2, 0.25) is 0 Å². The number of thioether (sulfide) groups is 2. The molecule has 2 aliphatic rings. The maximum absolute atomic E-state index is 5.39. The lowest BCUT2D eigenvalue weighted by molar-refractivity contribution is 0.122. The highest BCUT2D eigenvalue weighted by Crippen LogP contribution is 2.43. The first-order valence-corrected chi connectivity index (χ1v) is 8.69. The summed E-state index contributed by atoms with van der Waals surface area (Å²) in [7, 11) is 0. The Bertz CT molecular complexity index is 333. The van der Waals surface area contributed by atoms with Crippen molar-refractivity contribution < 1.29 is 4.74 Å². The molecule has 0 amide bonds. The van der Waals surface area contributed by atoms with Crippen molar-refractivity contribution in [2.45, 2.75) is 11.0 Å². The highest BCUT2D eigenvalue weighted by molar-refractivity contribution is 8.16. The molecule has 0 aliphatic carbocycles. The van der Waals surface area contributed by atoms with Crippen molar-refractivity contribution in [1.82, 2.24) is 0 Å². The average molecular weight is 281 g/mol. The zero-order valence-electron chi connectivity index (χ0n) is 10.5. The molecule has 2 heterocycles. The van der Waals surface area contributed by atoms with E-state index in [4.69, 9.17) is 4.74 Å². The maximum atomic E-state index is 5.39. The largest absolute Gasteiger partial charge is 0.378 e. The van der Waals surface area contributed by atoms with E-state index >= 15 is 0 Å². The molecule has 4 heteroatoms. The summed E-state index contributed by atoms with van der Waals surface area (Å²) in [4.78, 5) is 2.41. The van der Waals surface area contributed by atoms with Crippen LogP contribution < -0.4 is 4.90 Å².